The molecule has 1 heterocycles. The van der Waals surface area contributed by atoms with Crippen LogP contribution >= 0.6 is 0 Å². The fraction of sp³-hybridized carbons (Fsp3) is 0.250. The van der Waals surface area contributed by atoms with Crippen molar-refractivity contribution in [2.45, 2.75) is 18.2 Å². The molecule has 3 amide bonds. The van der Waals surface area contributed by atoms with E-state index in [1.54, 1.807) is 6.07 Å². The smallest absolute Gasteiger partial charge is 0.325 e. The Hall–Kier alpha value is -3.80. The molecule has 170 valence electrons. The summed E-state index contributed by atoms with van der Waals surface area (Å²) in [4.78, 5) is 50.0. The molecular formula is C20H22N4O7S. The van der Waals surface area contributed by atoms with Crippen molar-refractivity contribution < 1.29 is 32.3 Å². The van der Waals surface area contributed by atoms with Crippen LogP contribution in [-0.2, 0) is 30.8 Å². The molecule has 32 heavy (non-hydrogen) atoms. The zero-order valence-electron chi connectivity index (χ0n) is 17.4. The summed E-state index contributed by atoms with van der Waals surface area (Å²) in [6.07, 6.45) is 1.46. The van der Waals surface area contributed by atoms with Crippen LogP contribution in [0.4, 0.5) is 0 Å². The standard InChI is InChI=1S/C20H22N4O7S/c1-13(25)21-9-8-14-4-3-5-16(10-14)32(29,30)24-19(27)15-6-7-17(22-11-15)20(28)23-12-18(26)31-2/h3-7,10-11H,8-9,12H2,1-2H3,(H,21,25)(H,23,28)(H,24,27). The Morgan fingerprint density at radius 3 is 2.41 bits per heavy atom. The number of carbonyl (C=O) groups is 4. The van der Waals surface area contributed by atoms with Gasteiger partial charge in [0.05, 0.1) is 17.6 Å². The van der Waals surface area contributed by atoms with Gasteiger partial charge in [-0.15, -0.1) is 0 Å². The van der Waals surface area contributed by atoms with E-state index in [9.17, 15) is 27.6 Å². The average Bonchev–Trinajstić information content (AvgIpc) is 2.77. The zero-order chi connectivity index (χ0) is 23.7. The highest BCUT2D eigenvalue weighted by Crippen LogP contribution is 2.13. The molecule has 0 saturated heterocycles. The van der Waals surface area contributed by atoms with E-state index in [1.807, 2.05) is 4.72 Å². The van der Waals surface area contributed by atoms with Gasteiger partial charge in [-0.3, -0.25) is 24.2 Å². The van der Waals surface area contributed by atoms with Gasteiger partial charge in [-0.25, -0.2) is 13.1 Å². The number of pyridine rings is 1. The summed E-state index contributed by atoms with van der Waals surface area (Å²) in [5.41, 5.74) is 0.512. The van der Waals surface area contributed by atoms with Crippen LogP contribution in [0.25, 0.3) is 0 Å². The second kappa shape index (κ2) is 11.0. The number of nitrogens with zero attached hydrogens (tertiary/aromatic N) is 1. The Kier molecular flexibility index (Phi) is 8.41. The van der Waals surface area contributed by atoms with Gasteiger partial charge in [0.1, 0.15) is 12.2 Å². The van der Waals surface area contributed by atoms with Gasteiger partial charge in [0.2, 0.25) is 5.91 Å². The Labute approximate surface area is 184 Å². The lowest BCUT2D eigenvalue weighted by Crippen LogP contribution is -2.32. The van der Waals surface area contributed by atoms with Crippen LogP contribution in [0.2, 0.25) is 0 Å². The van der Waals surface area contributed by atoms with Gasteiger partial charge in [-0.05, 0) is 36.2 Å². The molecule has 1 aromatic carbocycles. The first kappa shape index (κ1) is 24.5. The van der Waals surface area contributed by atoms with Crippen molar-refractivity contribution in [1.29, 1.82) is 0 Å². The van der Waals surface area contributed by atoms with Crippen molar-refractivity contribution in [2.75, 3.05) is 20.2 Å². The number of benzene rings is 1. The first-order valence-corrected chi connectivity index (χ1v) is 10.8. The highest BCUT2D eigenvalue weighted by atomic mass is 32.2. The van der Waals surface area contributed by atoms with Crippen LogP contribution < -0.4 is 15.4 Å². The number of carbonyl (C=O) groups excluding carboxylic acids is 4. The number of amides is 3. The molecule has 2 rings (SSSR count). The Morgan fingerprint density at radius 2 is 1.78 bits per heavy atom. The monoisotopic (exact) mass is 462 g/mol. The van der Waals surface area contributed by atoms with E-state index in [-0.39, 0.29) is 28.6 Å². The lowest BCUT2D eigenvalue weighted by Gasteiger charge is -2.09. The minimum absolute atomic E-state index is 0.0693. The molecule has 0 aliphatic heterocycles. The molecule has 0 unspecified atom stereocenters. The Balaban J connectivity index is 2.04. The summed E-state index contributed by atoms with van der Waals surface area (Å²) < 4.78 is 31.5. The van der Waals surface area contributed by atoms with Gasteiger partial charge in [0, 0.05) is 19.7 Å². The fourth-order valence-corrected chi connectivity index (χ4v) is 3.51. The molecule has 2 aromatic rings. The van der Waals surface area contributed by atoms with Crippen molar-refractivity contribution in [1.82, 2.24) is 20.3 Å². The summed E-state index contributed by atoms with van der Waals surface area (Å²) in [5, 5.41) is 4.91. The maximum atomic E-state index is 12.6. The van der Waals surface area contributed by atoms with Gasteiger partial charge in [-0.1, -0.05) is 12.1 Å². The first-order chi connectivity index (χ1) is 15.1. The van der Waals surface area contributed by atoms with E-state index in [0.717, 1.165) is 6.20 Å². The largest absolute Gasteiger partial charge is 0.468 e. The number of hydrogen-bond donors (Lipinski definition) is 3. The molecule has 0 aliphatic carbocycles. The molecule has 0 radical (unpaired) electrons. The second-order valence-corrected chi connectivity index (χ2v) is 8.19. The quantitative estimate of drug-likeness (QED) is 0.431. The topological polar surface area (TPSA) is 161 Å². The van der Waals surface area contributed by atoms with E-state index in [4.69, 9.17) is 0 Å². The summed E-state index contributed by atoms with van der Waals surface area (Å²) in [7, 11) is -2.99. The lowest BCUT2D eigenvalue weighted by atomic mass is 10.1. The number of aromatic nitrogens is 1. The van der Waals surface area contributed by atoms with E-state index in [1.165, 1.54) is 44.4 Å². The third kappa shape index (κ3) is 7.16. The van der Waals surface area contributed by atoms with Gasteiger partial charge in [0.15, 0.2) is 0 Å². The molecule has 11 nitrogen and oxygen atoms in total. The molecule has 12 heteroatoms. The summed E-state index contributed by atoms with van der Waals surface area (Å²) in [5.74, 6) is -2.42. The molecule has 0 aliphatic rings. The number of hydrogen-bond acceptors (Lipinski definition) is 8. The summed E-state index contributed by atoms with van der Waals surface area (Å²) >= 11 is 0. The molecule has 0 saturated carbocycles. The number of nitrogens with one attached hydrogen (secondary N) is 3. The molecule has 1 aromatic heterocycles. The predicted molar refractivity (Wildman–Crippen MR) is 112 cm³/mol. The zero-order valence-corrected chi connectivity index (χ0v) is 18.2. The second-order valence-electron chi connectivity index (χ2n) is 6.51. The number of esters is 1. The molecule has 3 N–H and O–H groups in total. The average molecular weight is 462 g/mol. The van der Waals surface area contributed by atoms with Gasteiger partial charge in [-0.2, -0.15) is 0 Å². The van der Waals surface area contributed by atoms with Gasteiger partial charge < -0.3 is 15.4 Å². The van der Waals surface area contributed by atoms with Crippen molar-refractivity contribution in [3.05, 3.63) is 59.4 Å². The predicted octanol–water partition coefficient (Wildman–Crippen LogP) is -0.218. The van der Waals surface area contributed by atoms with Crippen LogP contribution in [0.15, 0.2) is 47.5 Å². The lowest BCUT2D eigenvalue weighted by molar-refractivity contribution is -0.139. The van der Waals surface area contributed by atoms with Crippen molar-refractivity contribution in [2.24, 2.45) is 0 Å². The summed E-state index contributed by atoms with van der Waals surface area (Å²) in [6.45, 7) is 1.38. The van der Waals surface area contributed by atoms with E-state index in [2.05, 4.69) is 20.4 Å². The molecule has 0 fully saturated rings. The Bertz CT molecular complexity index is 1120. The normalized spacial score (nSPS) is 10.7. The van der Waals surface area contributed by atoms with Crippen LogP contribution in [0.5, 0.6) is 0 Å². The van der Waals surface area contributed by atoms with Gasteiger partial charge >= 0.3 is 5.97 Å². The van der Waals surface area contributed by atoms with Crippen molar-refractivity contribution in [3.63, 3.8) is 0 Å². The number of methoxy groups -OCH3 is 1. The van der Waals surface area contributed by atoms with Crippen molar-refractivity contribution >= 4 is 33.7 Å². The highest BCUT2D eigenvalue weighted by Gasteiger charge is 2.20. The maximum Gasteiger partial charge on any atom is 0.325 e. The third-order valence-corrected chi connectivity index (χ3v) is 5.43. The minimum atomic E-state index is -4.16. The number of rotatable bonds is 9. The molecule has 0 spiro atoms. The number of sulfonamides is 1. The molecular weight excluding hydrogens is 440 g/mol. The van der Waals surface area contributed by atoms with Crippen molar-refractivity contribution in [3.8, 4) is 0 Å². The van der Waals surface area contributed by atoms with Crippen LogP contribution in [0.3, 0.4) is 0 Å². The summed E-state index contributed by atoms with van der Waals surface area (Å²) in [6, 6.07) is 8.43. The van der Waals surface area contributed by atoms with E-state index < -0.39 is 27.8 Å². The fourth-order valence-electron chi connectivity index (χ4n) is 2.47. The Morgan fingerprint density at radius 1 is 1.03 bits per heavy atom. The first-order valence-electron chi connectivity index (χ1n) is 9.34. The van der Waals surface area contributed by atoms with E-state index >= 15 is 0 Å². The maximum absolute atomic E-state index is 12.6. The molecule has 0 bridgehead atoms. The SMILES string of the molecule is COC(=O)CNC(=O)c1ccc(C(=O)NS(=O)(=O)c2cccc(CCNC(C)=O)c2)cn1. The molecule has 0 atom stereocenters. The number of ether oxygens (including phenoxy) is 1. The van der Waals surface area contributed by atoms with Crippen LogP contribution in [-0.4, -0.2) is 57.3 Å². The van der Waals surface area contributed by atoms with E-state index in [0.29, 0.717) is 18.5 Å². The minimum Gasteiger partial charge on any atom is -0.468 e. The highest BCUT2D eigenvalue weighted by molar-refractivity contribution is 7.90. The van der Waals surface area contributed by atoms with Gasteiger partial charge in [0.25, 0.3) is 21.8 Å². The van der Waals surface area contributed by atoms with Crippen LogP contribution in [0, 0.1) is 0 Å². The van der Waals surface area contributed by atoms with Crippen LogP contribution in [0.1, 0.15) is 33.3 Å². The third-order valence-electron chi connectivity index (χ3n) is 4.10.